The largest absolute Gasteiger partial charge is 0.481 e. The van der Waals surface area contributed by atoms with Crippen molar-refractivity contribution < 1.29 is 44.1 Å². The van der Waals surface area contributed by atoms with E-state index in [1.807, 2.05) is 0 Å². The molecule has 0 aliphatic carbocycles. The van der Waals surface area contributed by atoms with Gasteiger partial charge in [0.2, 0.25) is 17.7 Å². The number of rotatable bonds is 13. The second kappa shape index (κ2) is 12.6. The average Bonchev–Trinajstić information content (AvgIpc) is 3.24. The Labute approximate surface area is 184 Å². The van der Waals surface area contributed by atoms with E-state index >= 15 is 0 Å². The van der Waals surface area contributed by atoms with Crippen molar-refractivity contribution in [3.8, 4) is 0 Å². The first-order valence-corrected chi connectivity index (χ1v) is 10.3. The van der Waals surface area contributed by atoms with Gasteiger partial charge in [0.15, 0.2) is 0 Å². The second-order valence-electron chi connectivity index (χ2n) is 7.68. The molecule has 1 heterocycles. The van der Waals surface area contributed by atoms with E-state index in [1.165, 1.54) is 0 Å². The molecule has 1 aliphatic rings. The number of hydrogen-bond acceptors (Lipinski definition) is 7. The molecule has 0 aromatic carbocycles. The highest BCUT2D eigenvalue weighted by atomic mass is 16.4. The van der Waals surface area contributed by atoms with Crippen LogP contribution < -0.4 is 21.3 Å². The van der Waals surface area contributed by atoms with Crippen LogP contribution in [0, 0.1) is 5.92 Å². The number of hydrogen-bond donors (Lipinski definition) is 7. The van der Waals surface area contributed by atoms with Gasteiger partial charge >= 0.3 is 17.9 Å². The maximum Gasteiger partial charge on any atom is 0.326 e. The summed E-state index contributed by atoms with van der Waals surface area (Å²) in [5.74, 6) is -7.25. The minimum Gasteiger partial charge on any atom is -0.481 e. The summed E-state index contributed by atoms with van der Waals surface area (Å²) in [7, 11) is 0. The van der Waals surface area contributed by atoms with E-state index in [9.17, 15) is 28.8 Å². The summed E-state index contributed by atoms with van der Waals surface area (Å²) in [6.07, 6.45) is 0.0811. The van der Waals surface area contributed by atoms with E-state index < -0.39 is 78.6 Å². The normalized spacial score (nSPS) is 19.1. The molecule has 0 radical (unpaired) electrons. The standard InChI is InChI=1S/C19H30N4O9/c1-3-9(2)15(18(30)22-12(19(31)32)8-14(26)27)23-17(29)11(7-13(24)25)21-16(28)10-5-4-6-20-10/h9-12,15,20H,3-8H2,1-2H3,(H,21,28)(H,22,30)(H,23,29)(H,24,25)(H,26,27)(H,31,32). The van der Waals surface area contributed by atoms with Crippen molar-refractivity contribution in [3.05, 3.63) is 0 Å². The van der Waals surface area contributed by atoms with Gasteiger partial charge in [-0.2, -0.15) is 0 Å². The Hall–Kier alpha value is -3.22. The third-order valence-electron chi connectivity index (χ3n) is 5.18. The molecule has 1 saturated heterocycles. The molecular formula is C19H30N4O9. The van der Waals surface area contributed by atoms with Gasteiger partial charge < -0.3 is 36.6 Å². The lowest BCUT2D eigenvalue weighted by molar-refractivity contribution is -0.147. The van der Waals surface area contributed by atoms with Crippen LogP contribution in [0.15, 0.2) is 0 Å². The first-order chi connectivity index (χ1) is 15.0. The van der Waals surface area contributed by atoms with Gasteiger partial charge in [-0.15, -0.1) is 0 Å². The summed E-state index contributed by atoms with van der Waals surface area (Å²) in [5.41, 5.74) is 0. The summed E-state index contributed by atoms with van der Waals surface area (Å²) >= 11 is 0. The third-order valence-corrected chi connectivity index (χ3v) is 5.18. The van der Waals surface area contributed by atoms with Crippen molar-refractivity contribution in [2.75, 3.05) is 6.54 Å². The summed E-state index contributed by atoms with van der Waals surface area (Å²) in [6, 6.07) is -5.01. The predicted octanol–water partition coefficient (Wildman–Crippen LogP) is -1.73. The van der Waals surface area contributed by atoms with Gasteiger partial charge in [-0.05, 0) is 25.3 Å². The van der Waals surface area contributed by atoms with Gasteiger partial charge in [0, 0.05) is 0 Å². The third kappa shape index (κ3) is 8.49. The lowest BCUT2D eigenvalue weighted by Crippen LogP contribution is -2.59. The molecule has 32 heavy (non-hydrogen) atoms. The molecule has 7 N–H and O–H groups in total. The molecule has 13 heteroatoms. The molecule has 1 fully saturated rings. The minimum atomic E-state index is -1.72. The molecule has 180 valence electrons. The lowest BCUT2D eigenvalue weighted by Gasteiger charge is -2.27. The first-order valence-electron chi connectivity index (χ1n) is 10.3. The van der Waals surface area contributed by atoms with Crippen LogP contribution in [0.4, 0.5) is 0 Å². The molecule has 0 bridgehead atoms. The smallest absolute Gasteiger partial charge is 0.326 e. The Morgan fingerprint density at radius 3 is 1.97 bits per heavy atom. The van der Waals surface area contributed by atoms with E-state index in [0.29, 0.717) is 19.4 Å². The van der Waals surface area contributed by atoms with Crippen LogP contribution in [0.1, 0.15) is 46.0 Å². The number of aliphatic carboxylic acids is 3. The van der Waals surface area contributed by atoms with Crippen LogP contribution in [-0.2, 0) is 28.8 Å². The predicted molar refractivity (Wildman–Crippen MR) is 108 cm³/mol. The van der Waals surface area contributed by atoms with Crippen molar-refractivity contribution in [3.63, 3.8) is 0 Å². The Bertz CT molecular complexity index is 736. The van der Waals surface area contributed by atoms with Gasteiger partial charge in [0.05, 0.1) is 18.9 Å². The monoisotopic (exact) mass is 458 g/mol. The van der Waals surface area contributed by atoms with Gasteiger partial charge in [0.1, 0.15) is 18.1 Å². The van der Waals surface area contributed by atoms with E-state index in [1.54, 1.807) is 13.8 Å². The van der Waals surface area contributed by atoms with Gasteiger partial charge in [-0.25, -0.2) is 4.79 Å². The van der Waals surface area contributed by atoms with Crippen LogP contribution in [-0.4, -0.2) is 81.7 Å². The number of amides is 3. The topological polar surface area (TPSA) is 211 Å². The molecule has 0 spiro atoms. The summed E-state index contributed by atoms with van der Waals surface area (Å²) in [6.45, 7) is 3.93. The Morgan fingerprint density at radius 1 is 0.906 bits per heavy atom. The first kappa shape index (κ1) is 26.8. The van der Waals surface area contributed by atoms with Gasteiger partial charge in [-0.1, -0.05) is 20.3 Å². The highest BCUT2D eigenvalue weighted by molar-refractivity contribution is 5.96. The number of carboxylic acid groups (broad SMARTS) is 3. The van der Waals surface area contributed by atoms with Crippen LogP contribution in [0.2, 0.25) is 0 Å². The number of carbonyl (C=O) groups excluding carboxylic acids is 3. The maximum atomic E-state index is 12.8. The number of nitrogens with one attached hydrogen (secondary N) is 4. The molecular weight excluding hydrogens is 428 g/mol. The molecule has 5 atom stereocenters. The van der Waals surface area contributed by atoms with Crippen molar-refractivity contribution in [2.24, 2.45) is 5.92 Å². The maximum absolute atomic E-state index is 12.8. The van der Waals surface area contributed by atoms with E-state index in [2.05, 4.69) is 21.3 Å². The van der Waals surface area contributed by atoms with Crippen LogP contribution in [0.3, 0.4) is 0 Å². The molecule has 0 saturated carbocycles. The van der Waals surface area contributed by atoms with E-state index in [-0.39, 0.29) is 0 Å². The highest BCUT2D eigenvalue weighted by Gasteiger charge is 2.34. The fourth-order valence-corrected chi connectivity index (χ4v) is 3.16. The molecule has 3 amide bonds. The summed E-state index contributed by atoms with van der Waals surface area (Å²) in [4.78, 5) is 71.0. The lowest BCUT2D eigenvalue weighted by atomic mass is 9.97. The van der Waals surface area contributed by atoms with Crippen molar-refractivity contribution in [1.29, 1.82) is 0 Å². The SMILES string of the molecule is CCC(C)C(NC(=O)C(CC(=O)O)NC(=O)C1CCCN1)C(=O)NC(CC(=O)O)C(=O)O. The van der Waals surface area contributed by atoms with Crippen molar-refractivity contribution >= 4 is 35.6 Å². The number of carbonyl (C=O) groups is 6. The zero-order chi connectivity index (χ0) is 24.4. The molecule has 0 aromatic rings. The molecule has 1 aliphatic heterocycles. The zero-order valence-electron chi connectivity index (χ0n) is 17.9. The molecule has 13 nitrogen and oxygen atoms in total. The van der Waals surface area contributed by atoms with Crippen LogP contribution >= 0.6 is 0 Å². The van der Waals surface area contributed by atoms with Crippen molar-refractivity contribution in [2.45, 2.75) is 70.1 Å². The van der Waals surface area contributed by atoms with Gasteiger partial charge in [-0.3, -0.25) is 24.0 Å². The summed E-state index contributed by atoms with van der Waals surface area (Å²) in [5, 5.41) is 36.9. The molecule has 1 rings (SSSR count). The summed E-state index contributed by atoms with van der Waals surface area (Å²) < 4.78 is 0. The van der Waals surface area contributed by atoms with E-state index in [4.69, 9.17) is 15.3 Å². The Kier molecular flexibility index (Phi) is 10.5. The fourth-order valence-electron chi connectivity index (χ4n) is 3.16. The molecule has 0 aromatic heterocycles. The number of carboxylic acids is 3. The zero-order valence-corrected chi connectivity index (χ0v) is 17.9. The second-order valence-corrected chi connectivity index (χ2v) is 7.68. The molecule has 5 unspecified atom stereocenters. The van der Waals surface area contributed by atoms with E-state index in [0.717, 1.165) is 6.42 Å². The van der Waals surface area contributed by atoms with Crippen LogP contribution in [0.25, 0.3) is 0 Å². The van der Waals surface area contributed by atoms with Gasteiger partial charge in [0.25, 0.3) is 0 Å². The minimum absolute atomic E-state index is 0.386. The Morgan fingerprint density at radius 2 is 1.50 bits per heavy atom. The average molecular weight is 458 g/mol. The quantitative estimate of drug-likeness (QED) is 0.166. The Balaban J connectivity index is 2.96. The van der Waals surface area contributed by atoms with Crippen molar-refractivity contribution in [1.82, 2.24) is 21.3 Å². The highest BCUT2D eigenvalue weighted by Crippen LogP contribution is 2.11. The van der Waals surface area contributed by atoms with Crippen LogP contribution in [0.5, 0.6) is 0 Å². The fraction of sp³-hybridized carbons (Fsp3) is 0.684.